The Kier molecular flexibility index (Phi) is 4.13. The van der Waals surface area contributed by atoms with Crippen LogP contribution in [0, 0.1) is 0 Å². The third-order valence-electron chi connectivity index (χ3n) is 2.59. The summed E-state index contributed by atoms with van der Waals surface area (Å²) in [6.45, 7) is 3.90. The molecular formula is C14H15ClN2. The smallest absolute Gasteiger partial charge is 0.0488 e. The molecule has 17 heavy (non-hydrogen) atoms. The Balaban J connectivity index is 2.26. The summed E-state index contributed by atoms with van der Waals surface area (Å²) in [6, 6.07) is 10.1. The van der Waals surface area contributed by atoms with Gasteiger partial charge < -0.3 is 5.32 Å². The van der Waals surface area contributed by atoms with Gasteiger partial charge in [-0.3, -0.25) is 4.98 Å². The third-order valence-corrected chi connectivity index (χ3v) is 2.90. The topological polar surface area (TPSA) is 24.9 Å². The van der Waals surface area contributed by atoms with Crippen LogP contribution in [0.4, 0.5) is 0 Å². The molecule has 0 aliphatic carbocycles. The van der Waals surface area contributed by atoms with Crippen LogP contribution in [0.15, 0.2) is 42.7 Å². The fourth-order valence-corrected chi connectivity index (χ4v) is 2.01. The Labute approximate surface area is 107 Å². The molecule has 2 rings (SSSR count). The van der Waals surface area contributed by atoms with Crippen LogP contribution in [0.5, 0.6) is 0 Å². The van der Waals surface area contributed by atoms with Crippen LogP contribution in [0.1, 0.15) is 12.5 Å². The molecule has 0 amide bonds. The van der Waals surface area contributed by atoms with E-state index in [0.717, 1.165) is 29.2 Å². The van der Waals surface area contributed by atoms with Crippen molar-refractivity contribution in [3.8, 4) is 11.1 Å². The quantitative estimate of drug-likeness (QED) is 0.893. The Morgan fingerprint density at radius 1 is 1.29 bits per heavy atom. The third kappa shape index (κ3) is 3.05. The number of aromatic nitrogens is 1. The van der Waals surface area contributed by atoms with Crippen molar-refractivity contribution in [2.45, 2.75) is 13.5 Å². The van der Waals surface area contributed by atoms with Gasteiger partial charge in [-0.1, -0.05) is 36.7 Å². The molecule has 0 aliphatic rings. The van der Waals surface area contributed by atoms with Crippen LogP contribution in [0.2, 0.25) is 5.02 Å². The van der Waals surface area contributed by atoms with Crippen LogP contribution in [-0.4, -0.2) is 11.5 Å². The van der Waals surface area contributed by atoms with E-state index in [2.05, 4.69) is 23.3 Å². The van der Waals surface area contributed by atoms with Gasteiger partial charge in [-0.2, -0.15) is 0 Å². The van der Waals surface area contributed by atoms with E-state index in [1.807, 2.05) is 30.5 Å². The summed E-state index contributed by atoms with van der Waals surface area (Å²) in [5.41, 5.74) is 3.28. The normalized spacial score (nSPS) is 10.5. The number of hydrogen-bond donors (Lipinski definition) is 1. The van der Waals surface area contributed by atoms with Crippen LogP contribution < -0.4 is 5.32 Å². The highest BCUT2D eigenvalue weighted by molar-refractivity contribution is 6.33. The zero-order chi connectivity index (χ0) is 12.1. The van der Waals surface area contributed by atoms with Gasteiger partial charge in [0.05, 0.1) is 0 Å². The van der Waals surface area contributed by atoms with Crippen LogP contribution >= 0.6 is 11.6 Å². The van der Waals surface area contributed by atoms with Crippen LogP contribution in [0.3, 0.4) is 0 Å². The maximum absolute atomic E-state index is 6.29. The Morgan fingerprint density at radius 2 is 2.18 bits per heavy atom. The fourth-order valence-electron chi connectivity index (χ4n) is 1.69. The molecule has 0 spiro atoms. The first-order valence-corrected chi connectivity index (χ1v) is 6.08. The minimum atomic E-state index is 0.772. The lowest BCUT2D eigenvalue weighted by atomic mass is 10.1. The van der Waals surface area contributed by atoms with E-state index in [0.29, 0.717) is 0 Å². The van der Waals surface area contributed by atoms with Crippen molar-refractivity contribution < 1.29 is 0 Å². The summed E-state index contributed by atoms with van der Waals surface area (Å²) in [6.07, 6.45) is 3.59. The fraction of sp³-hybridized carbons (Fsp3) is 0.214. The van der Waals surface area contributed by atoms with E-state index in [4.69, 9.17) is 11.6 Å². The van der Waals surface area contributed by atoms with E-state index in [9.17, 15) is 0 Å². The number of hydrogen-bond acceptors (Lipinski definition) is 2. The number of nitrogens with one attached hydrogen (secondary N) is 1. The van der Waals surface area contributed by atoms with Crippen molar-refractivity contribution in [1.82, 2.24) is 10.3 Å². The predicted octanol–water partition coefficient (Wildman–Crippen LogP) is 3.51. The molecule has 0 atom stereocenters. The Morgan fingerprint density at radius 3 is 2.82 bits per heavy atom. The highest BCUT2D eigenvalue weighted by Crippen LogP contribution is 2.27. The molecule has 2 aromatic rings. The second-order valence-corrected chi connectivity index (χ2v) is 4.24. The van der Waals surface area contributed by atoms with Crippen molar-refractivity contribution in [2.24, 2.45) is 0 Å². The highest BCUT2D eigenvalue weighted by Gasteiger charge is 2.04. The van der Waals surface area contributed by atoms with Crippen LogP contribution in [0.25, 0.3) is 11.1 Å². The number of rotatable bonds is 4. The first kappa shape index (κ1) is 12.1. The SMILES string of the molecule is CCNCc1ccc(-c2cccnc2)c(Cl)c1. The molecule has 0 fully saturated rings. The second-order valence-electron chi connectivity index (χ2n) is 3.84. The zero-order valence-electron chi connectivity index (χ0n) is 9.78. The maximum atomic E-state index is 6.29. The summed E-state index contributed by atoms with van der Waals surface area (Å²) >= 11 is 6.29. The molecule has 2 nitrogen and oxygen atoms in total. The van der Waals surface area contributed by atoms with E-state index < -0.39 is 0 Å². The van der Waals surface area contributed by atoms with E-state index in [1.165, 1.54) is 5.56 Å². The van der Waals surface area contributed by atoms with E-state index >= 15 is 0 Å². The van der Waals surface area contributed by atoms with Crippen LogP contribution in [-0.2, 0) is 6.54 Å². The lowest BCUT2D eigenvalue weighted by Crippen LogP contribution is -2.11. The molecule has 0 radical (unpaired) electrons. The molecule has 88 valence electrons. The van der Waals surface area contributed by atoms with Gasteiger partial charge in [0.15, 0.2) is 0 Å². The minimum Gasteiger partial charge on any atom is -0.313 e. The van der Waals surface area contributed by atoms with Gasteiger partial charge in [-0.05, 0) is 24.2 Å². The Bertz CT molecular complexity index is 483. The minimum absolute atomic E-state index is 0.772. The summed E-state index contributed by atoms with van der Waals surface area (Å²) in [7, 11) is 0. The van der Waals surface area contributed by atoms with Gasteiger partial charge in [0.25, 0.3) is 0 Å². The molecule has 1 aromatic carbocycles. The molecule has 3 heteroatoms. The molecule has 1 aromatic heterocycles. The van der Waals surface area contributed by atoms with Crippen molar-refractivity contribution in [3.63, 3.8) is 0 Å². The molecule has 1 heterocycles. The van der Waals surface area contributed by atoms with Crippen molar-refractivity contribution >= 4 is 11.6 Å². The number of halogens is 1. The van der Waals surface area contributed by atoms with Crippen molar-refractivity contribution in [3.05, 3.63) is 53.3 Å². The average Bonchev–Trinajstić information content (AvgIpc) is 2.37. The number of benzene rings is 1. The van der Waals surface area contributed by atoms with Gasteiger partial charge in [-0.15, -0.1) is 0 Å². The lowest BCUT2D eigenvalue weighted by molar-refractivity contribution is 0.727. The molecule has 0 saturated carbocycles. The first-order chi connectivity index (χ1) is 8.31. The van der Waals surface area contributed by atoms with Crippen molar-refractivity contribution in [2.75, 3.05) is 6.54 Å². The molecule has 0 saturated heterocycles. The second kappa shape index (κ2) is 5.80. The largest absolute Gasteiger partial charge is 0.313 e. The summed E-state index contributed by atoms with van der Waals surface area (Å²) < 4.78 is 0. The van der Waals surface area contributed by atoms with E-state index in [1.54, 1.807) is 6.20 Å². The lowest BCUT2D eigenvalue weighted by Gasteiger charge is -2.07. The zero-order valence-corrected chi connectivity index (χ0v) is 10.5. The maximum Gasteiger partial charge on any atom is 0.0488 e. The van der Waals surface area contributed by atoms with Gasteiger partial charge >= 0.3 is 0 Å². The Hall–Kier alpha value is -1.38. The first-order valence-electron chi connectivity index (χ1n) is 5.71. The highest BCUT2D eigenvalue weighted by atomic mass is 35.5. The average molecular weight is 247 g/mol. The molecule has 1 N–H and O–H groups in total. The van der Waals surface area contributed by atoms with Gasteiger partial charge in [0, 0.05) is 35.1 Å². The van der Waals surface area contributed by atoms with Gasteiger partial charge in [0.2, 0.25) is 0 Å². The monoisotopic (exact) mass is 246 g/mol. The molecular weight excluding hydrogens is 232 g/mol. The predicted molar refractivity (Wildman–Crippen MR) is 72.1 cm³/mol. The number of nitrogens with zero attached hydrogens (tertiary/aromatic N) is 1. The standard InChI is InChI=1S/C14H15ClN2/c1-2-16-9-11-5-6-13(14(15)8-11)12-4-3-7-17-10-12/h3-8,10,16H,2,9H2,1H3. The van der Waals surface area contributed by atoms with Crippen molar-refractivity contribution in [1.29, 1.82) is 0 Å². The molecule has 0 bridgehead atoms. The summed E-state index contributed by atoms with van der Waals surface area (Å²) in [5, 5.41) is 4.05. The van der Waals surface area contributed by atoms with Gasteiger partial charge in [-0.25, -0.2) is 0 Å². The number of pyridine rings is 1. The van der Waals surface area contributed by atoms with Gasteiger partial charge in [0.1, 0.15) is 0 Å². The van der Waals surface area contributed by atoms with E-state index in [-0.39, 0.29) is 0 Å². The summed E-state index contributed by atoms with van der Waals surface area (Å²) in [4.78, 5) is 4.10. The molecule has 0 unspecified atom stereocenters. The molecule has 0 aliphatic heterocycles. The summed E-state index contributed by atoms with van der Waals surface area (Å²) in [5.74, 6) is 0.